The van der Waals surface area contributed by atoms with Crippen molar-refractivity contribution in [2.45, 2.75) is 0 Å². The molecule has 0 aliphatic rings. The predicted octanol–water partition coefficient (Wildman–Crippen LogP) is 0.221. The predicted molar refractivity (Wildman–Crippen MR) is 20.8 cm³/mol. The molecule has 20 valence electrons. The van der Waals surface area contributed by atoms with E-state index in [-0.39, 0.29) is 65.9 Å². The van der Waals surface area contributed by atoms with E-state index in [4.69, 9.17) is 0 Å². The van der Waals surface area contributed by atoms with E-state index in [9.17, 15) is 0 Å². The molecule has 0 rings (SSSR count). The van der Waals surface area contributed by atoms with E-state index in [0.717, 1.165) is 0 Å². The third-order valence-corrected chi connectivity index (χ3v) is 0. The maximum atomic E-state index is 0. The van der Waals surface area contributed by atoms with Crippen molar-refractivity contribution in [1.29, 1.82) is 0 Å². The average Bonchev–Trinajstić information content (AvgIpc) is 0. The van der Waals surface area contributed by atoms with Crippen LogP contribution in [0.4, 0.5) is 0 Å². The van der Waals surface area contributed by atoms with Gasteiger partial charge in [0.2, 0.25) is 0 Å². The molecule has 4 heteroatoms. The molecule has 0 aromatic rings. The molecule has 0 atom stereocenters. The molecular weight excluding hydrogens is 195 g/mol. The van der Waals surface area contributed by atoms with Gasteiger partial charge in [0.15, 0.2) is 0 Å². The summed E-state index contributed by atoms with van der Waals surface area (Å²) in [5.41, 5.74) is 0. The largest absolute Gasteiger partial charge is 0.197 e. The molecule has 0 saturated carbocycles. The van der Waals surface area contributed by atoms with Gasteiger partial charge in [0.05, 0.1) is 0 Å². The Morgan fingerprint density at radius 3 is 0.500 bits per heavy atom. The Labute approximate surface area is 65.5 Å². The van der Waals surface area contributed by atoms with E-state index in [1.165, 1.54) is 0 Å². The Morgan fingerprint density at radius 2 is 0.500 bits per heavy atom. The average molecular weight is 199 g/mol. The van der Waals surface area contributed by atoms with Gasteiger partial charge in [-0.3, -0.25) is 0 Å². The summed E-state index contributed by atoms with van der Waals surface area (Å²) in [5.74, 6) is 0. The van der Waals surface area contributed by atoms with Crippen LogP contribution in [-0.4, -0.2) is 0 Å². The summed E-state index contributed by atoms with van der Waals surface area (Å²) in [6.07, 6.45) is 0. The van der Waals surface area contributed by atoms with E-state index >= 15 is 0 Å². The Balaban J connectivity index is 0. The van der Waals surface area contributed by atoms with E-state index in [2.05, 4.69) is 0 Å². The van der Waals surface area contributed by atoms with Crippen LogP contribution in [0.2, 0.25) is 0 Å². The van der Waals surface area contributed by atoms with Crippen LogP contribution in [-0.2, 0) is 39.0 Å². The van der Waals surface area contributed by atoms with Gasteiger partial charge in [-0.05, 0) is 0 Å². The second kappa shape index (κ2) is 20.3. The van der Waals surface area contributed by atoms with Crippen LogP contribution in [0.15, 0.2) is 0 Å². The molecule has 0 aromatic heterocycles. The molecule has 0 fully saturated rings. The molecule has 0 amide bonds. The second-order valence-corrected chi connectivity index (χ2v) is 0. The summed E-state index contributed by atoms with van der Waals surface area (Å²) < 4.78 is 0. The smallest absolute Gasteiger partial charge is 0 e. The van der Waals surface area contributed by atoms with Crippen LogP contribution < -0.4 is 0 Å². The zero-order valence-electron chi connectivity index (χ0n) is 2.41. The van der Waals surface area contributed by atoms with Crippen molar-refractivity contribution in [3.05, 3.63) is 0 Å². The Morgan fingerprint density at radius 1 is 0.500 bits per heavy atom. The first kappa shape index (κ1) is 38.4. The molecule has 0 nitrogen and oxygen atoms in total. The minimum atomic E-state index is 0. The molecule has 0 radical (unpaired) electrons. The van der Waals surface area contributed by atoms with E-state index < -0.39 is 0 Å². The van der Waals surface area contributed by atoms with Gasteiger partial charge < -0.3 is 0 Å². The SMILES string of the molecule is S.S.[Zn].[Zn]. The van der Waals surface area contributed by atoms with Gasteiger partial charge in [0.25, 0.3) is 0 Å². The molecule has 0 saturated heterocycles. The molecule has 0 aliphatic heterocycles. The minimum Gasteiger partial charge on any atom is -0.197 e. The van der Waals surface area contributed by atoms with Crippen molar-refractivity contribution >= 4 is 27.0 Å². The number of hydrogen-bond acceptors (Lipinski definition) is 0. The summed E-state index contributed by atoms with van der Waals surface area (Å²) >= 11 is 0. The van der Waals surface area contributed by atoms with E-state index in [1.807, 2.05) is 0 Å². The number of rotatable bonds is 0. The van der Waals surface area contributed by atoms with Gasteiger partial charge in [0.1, 0.15) is 0 Å². The van der Waals surface area contributed by atoms with Crippen molar-refractivity contribution in [2.75, 3.05) is 0 Å². The van der Waals surface area contributed by atoms with Crippen molar-refractivity contribution in [2.24, 2.45) is 0 Å². The third kappa shape index (κ3) is 9.04. The van der Waals surface area contributed by atoms with Gasteiger partial charge in [0, 0.05) is 39.0 Å². The van der Waals surface area contributed by atoms with Crippen LogP contribution in [0.25, 0.3) is 0 Å². The monoisotopic (exact) mass is 196 g/mol. The fourth-order valence-corrected chi connectivity index (χ4v) is 0. The summed E-state index contributed by atoms with van der Waals surface area (Å²) in [6.45, 7) is 0. The van der Waals surface area contributed by atoms with Crippen LogP contribution in [0, 0.1) is 0 Å². The molecule has 4 heavy (non-hydrogen) atoms. The van der Waals surface area contributed by atoms with Crippen molar-refractivity contribution in [3.63, 3.8) is 0 Å². The topological polar surface area (TPSA) is 0 Å². The van der Waals surface area contributed by atoms with E-state index in [0.29, 0.717) is 0 Å². The van der Waals surface area contributed by atoms with Gasteiger partial charge in [-0.1, -0.05) is 0 Å². The van der Waals surface area contributed by atoms with Gasteiger partial charge in [-0.25, -0.2) is 0 Å². The fourth-order valence-electron chi connectivity index (χ4n) is 0. The maximum absolute atomic E-state index is 0. The number of hydrogen-bond donors (Lipinski definition) is 0. The fraction of sp³-hybridized carbons (Fsp3) is 0. The van der Waals surface area contributed by atoms with Gasteiger partial charge in [-0.15, -0.1) is 0 Å². The molecular formula is H4S2Zn2. The molecule has 0 heterocycles. The standard InChI is InChI=1S/2H2S.2Zn/h2*1H2;;. The van der Waals surface area contributed by atoms with Crippen molar-refractivity contribution < 1.29 is 39.0 Å². The summed E-state index contributed by atoms with van der Waals surface area (Å²) in [6, 6.07) is 0. The van der Waals surface area contributed by atoms with Crippen molar-refractivity contribution in [1.82, 2.24) is 0 Å². The maximum Gasteiger partial charge on any atom is 0 e. The third-order valence-electron chi connectivity index (χ3n) is 0. The minimum absolute atomic E-state index is 0. The van der Waals surface area contributed by atoms with Crippen LogP contribution in [0.1, 0.15) is 0 Å². The summed E-state index contributed by atoms with van der Waals surface area (Å²) in [4.78, 5) is 0. The molecule has 0 bridgehead atoms. The zero-order valence-corrected chi connectivity index (χ0v) is 10.3. The second-order valence-electron chi connectivity index (χ2n) is 0. The Kier molecular flexibility index (Phi) is 195. The first-order valence-corrected chi connectivity index (χ1v) is 0. The molecule has 0 aliphatic carbocycles. The van der Waals surface area contributed by atoms with Crippen LogP contribution in [0.5, 0.6) is 0 Å². The summed E-state index contributed by atoms with van der Waals surface area (Å²) in [5, 5.41) is 0. The summed E-state index contributed by atoms with van der Waals surface area (Å²) in [7, 11) is 0. The quantitative estimate of drug-likeness (QED) is 0.489. The van der Waals surface area contributed by atoms with Gasteiger partial charge in [-0.2, -0.15) is 27.0 Å². The van der Waals surface area contributed by atoms with Crippen LogP contribution in [0.3, 0.4) is 0 Å². The normalized spacial score (nSPS) is 0. The molecule has 0 unspecified atom stereocenters. The molecule has 0 aromatic carbocycles. The first-order valence-electron chi connectivity index (χ1n) is 0. The Bertz CT molecular complexity index is 4.00. The van der Waals surface area contributed by atoms with Gasteiger partial charge >= 0.3 is 0 Å². The zero-order chi connectivity index (χ0) is 0. The first-order chi connectivity index (χ1) is 0. The van der Waals surface area contributed by atoms with E-state index in [1.54, 1.807) is 0 Å². The van der Waals surface area contributed by atoms with Crippen LogP contribution >= 0.6 is 27.0 Å². The Hall–Kier alpha value is 1.95. The van der Waals surface area contributed by atoms with Crippen molar-refractivity contribution in [3.8, 4) is 0 Å². The molecule has 0 N–H and O–H groups in total. The molecule has 0 spiro atoms.